The van der Waals surface area contributed by atoms with Gasteiger partial charge in [0.15, 0.2) is 17.5 Å². The van der Waals surface area contributed by atoms with Crippen LogP contribution in [0.25, 0.3) is 78.6 Å². The smallest absolute Gasteiger partial charge is 0.164 e. The van der Waals surface area contributed by atoms with E-state index in [1.54, 1.807) is 0 Å². The van der Waals surface area contributed by atoms with E-state index in [9.17, 15) is 0 Å². The molecular weight excluding hydrogens is 632 g/mol. The zero-order valence-corrected chi connectivity index (χ0v) is 28.4. The molecular formula is C45H31ClN4. The number of aromatic nitrogens is 4. The highest BCUT2D eigenvalue weighted by Gasteiger charge is 2.35. The summed E-state index contributed by atoms with van der Waals surface area (Å²) in [5.41, 5.74) is 12.7. The van der Waals surface area contributed by atoms with Gasteiger partial charge in [0.2, 0.25) is 0 Å². The SMILES string of the molecule is CC1(C)c2ccccc2-c2cc3c(Cl)cc(-c4cccc(-c5cccc(-c6nc(-c7ccccc7)nc(-c7ccccc7)n6)c5)c4)nc3cc21. The van der Waals surface area contributed by atoms with Gasteiger partial charge in [-0.05, 0) is 63.7 Å². The van der Waals surface area contributed by atoms with Crippen LogP contribution in [-0.4, -0.2) is 19.9 Å². The molecule has 0 radical (unpaired) electrons. The Kier molecular flexibility index (Phi) is 7.15. The van der Waals surface area contributed by atoms with Gasteiger partial charge in [-0.2, -0.15) is 0 Å². The monoisotopic (exact) mass is 662 g/mol. The Morgan fingerprint density at radius 1 is 0.420 bits per heavy atom. The molecule has 0 saturated carbocycles. The molecule has 6 aromatic carbocycles. The zero-order valence-electron chi connectivity index (χ0n) is 27.6. The molecule has 238 valence electrons. The van der Waals surface area contributed by atoms with Gasteiger partial charge in [0.25, 0.3) is 0 Å². The van der Waals surface area contributed by atoms with E-state index < -0.39 is 0 Å². The van der Waals surface area contributed by atoms with Crippen LogP contribution in [0.3, 0.4) is 0 Å². The number of nitrogens with zero attached hydrogens (tertiary/aromatic N) is 4. The van der Waals surface area contributed by atoms with Crippen LogP contribution in [0, 0.1) is 0 Å². The molecule has 0 bridgehead atoms. The Labute approximate surface area is 296 Å². The van der Waals surface area contributed by atoms with Crippen LogP contribution in [0.5, 0.6) is 0 Å². The van der Waals surface area contributed by atoms with Crippen LogP contribution in [0.15, 0.2) is 152 Å². The van der Waals surface area contributed by atoms with Crippen molar-refractivity contribution in [2.24, 2.45) is 0 Å². The van der Waals surface area contributed by atoms with Crippen molar-refractivity contribution in [3.8, 4) is 67.7 Å². The Morgan fingerprint density at radius 2 is 0.940 bits per heavy atom. The normalized spacial score (nSPS) is 12.9. The van der Waals surface area contributed by atoms with E-state index in [-0.39, 0.29) is 5.41 Å². The maximum atomic E-state index is 7.01. The maximum Gasteiger partial charge on any atom is 0.164 e. The molecule has 0 spiro atoms. The second-order valence-corrected chi connectivity index (χ2v) is 13.7. The quantitative estimate of drug-likeness (QED) is 0.184. The Morgan fingerprint density at radius 3 is 1.60 bits per heavy atom. The van der Waals surface area contributed by atoms with Crippen LogP contribution in [0.2, 0.25) is 5.02 Å². The summed E-state index contributed by atoms with van der Waals surface area (Å²) < 4.78 is 0. The van der Waals surface area contributed by atoms with Gasteiger partial charge in [0.1, 0.15) is 0 Å². The van der Waals surface area contributed by atoms with Gasteiger partial charge in [-0.3, -0.25) is 0 Å². The molecule has 0 unspecified atom stereocenters. The van der Waals surface area contributed by atoms with Crippen LogP contribution in [0.1, 0.15) is 25.0 Å². The Balaban J connectivity index is 1.11. The number of fused-ring (bicyclic) bond motifs is 4. The highest BCUT2D eigenvalue weighted by atomic mass is 35.5. The third-order valence-electron chi connectivity index (χ3n) is 9.77. The van der Waals surface area contributed by atoms with Crippen molar-refractivity contribution < 1.29 is 0 Å². The van der Waals surface area contributed by atoms with Gasteiger partial charge in [0, 0.05) is 33.1 Å². The third kappa shape index (κ3) is 5.17. The van der Waals surface area contributed by atoms with Gasteiger partial charge >= 0.3 is 0 Å². The number of pyridine rings is 1. The first-order valence-electron chi connectivity index (χ1n) is 16.8. The predicted molar refractivity (Wildman–Crippen MR) is 205 cm³/mol. The second kappa shape index (κ2) is 11.9. The average Bonchev–Trinajstić information content (AvgIpc) is 3.40. The lowest BCUT2D eigenvalue weighted by Gasteiger charge is -2.21. The van der Waals surface area contributed by atoms with Gasteiger partial charge in [-0.25, -0.2) is 19.9 Å². The van der Waals surface area contributed by atoms with Crippen molar-refractivity contribution in [3.63, 3.8) is 0 Å². The number of halogens is 1. The largest absolute Gasteiger partial charge is 0.248 e. The standard InChI is InChI=1S/C45H31ClN4/c1-45(2)37-22-10-9-21-34(37)35-25-36-39(46)27-40(47-41(36)26-38(35)45)32-19-11-17-30(23-32)31-18-12-20-33(24-31)44-49-42(28-13-5-3-6-14-28)48-43(50-44)29-15-7-4-8-16-29/h3-27H,1-2H3. The molecule has 0 N–H and O–H groups in total. The lowest BCUT2D eigenvalue weighted by molar-refractivity contribution is 0.661. The number of rotatable bonds is 5. The van der Waals surface area contributed by atoms with Gasteiger partial charge in [0.05, 0.1) is 16.2 Å². The van der Waals surface area contributed by atoms with E-state index in [0.29, 0.717) is 22.5 Å². The lowest BCUT2D eigenvalue weighted by atomic mass is 9.82. The van der Waals surface area contributed by atoms with Crippen LogP contribution in [0.4, 0.5) is 0 Å². The average molecular weight is 663 g/mol. The highest BCUT2D eigenvalue weighted by molar-refractivity contribution is 6.35. The van der Waals surface area contributed by atoms with E-state index in [0.717, 1.165) is 50.0 Å². The molecule has 2 aromatic heterocycles. The molecule has 5 heteroatoms. The van der Waals surface area contributed by atoms with Crippen molar-refractivity contribution in [1.29, 1.82) is 0 Å². The molecule has 1 aliphatic carbocycles. The first kappa shape index (κ1) is 30.1. The van der Waals surface area contributed by atoms with E-state index in [1.165, 1.54) is 22.3 Å². The minimum Gasteiger partial charge on any atom is -0.248 e. The zero-order chi connectivity index (χ0) is 33.8. The van der Waals surface area contributed by atoms with E-state index >= 15 is 0 Å². The topological polar surface area (TPSA) is 51.6 Å². The fraction of sp³-hybridized carbons (Fsp3) is 0.0667. The summed E-state index contributed by atoms with van der Waals surface area (Å²) in [6.45, 7) is 4.57. The first-order valence-corrected chi connectivity index (χ1v) is 17.1. The molecule has 0 fully saturated rings. The van der Waals surface area contributed by atoms with E-state index in [4.69, 9.17) is 31.5 Å². The van der Waals surface area contributed by atoms with Crippen LogP contribution >= 0.6 is 11.6 Å². The third-order valence-corrected chi connectivity index (χ3v) is 10.1. The molecule has 0 saturated heterocycles. The number of benzene rings is 6. The molecule has 9 rings (SSSR count). The molecule has 4 nitrogen and oxygen atoms in total. The van der Waals surface area contributed by atoms with Gasteiger partial charge in [-0.1, -0.05) is 147 Å². The molecule has 2 heterocycles. The predicted octanol–water partition coefficient (Wildman–Crippen LogP) is 11.7. The number of hydrogen-bond donors (Lipinski definition) is 0. The fourth-order valence-electron chi connectivity index (χ4n) is 7.16. The van der Waals surface area contributed by atoms with Gasteiger partial charge in [-0.15, -0.1) is 0 Å². The van der Waals surface area contributed by atoms with Gasteiger partial charge < -0.3 is 0 Å². The summed E-state index contributed by atoms with van der Waals surface area (Å²) in [5.74, 6) is 1.90. The first-order chi connectivity index (χ1) is 24.4. The minimum atomic E-state index is -0.114. The Bertz CT molecular complexity index is 2520. The van der Waals surface area contributed by atoms with Crippen molar-refractivity contribution in [2.75, 3.05) is 0 Å². The molecule has 0 atom stereocenters. The second-order valence-electron chi connectivity index (χ2n) is 13.3. The minimum absolute atomic E-state index is 0.114. The van der Waals surface area contributed by atoms with Crippen molar-refractivity contribution >= 4 is 22.5 Å². The maximum absolute atomic E-state index is 7.01. The van der Waals surface area contributed by atoms with E-state index in [1.807, 2.05) is 66.7 Å². The molecule has 8 aromatic rings. The molecule has 1 aliphatic rings. The molecule has 0 amide bonds. The lowest BCUT2D eigenvalue weighted by Crippen LogP contribution is -2.14. The fourth-order valence-corrected chi connectivity index (χ4v) is 7.42. The Hall–Kier alpha value is -5.97. The summed E-state index contributed by atoms with van der Waals surface area (Å²) in [6.07, 6.45) is 0. The summed E-state index contributed by atoms with van der Waals surface area (Å²) in [7, 11) is 0. The van der Waals surface area contributed by atoms with Crippen LogP contribution in [-0.2, 0) is 5.41 Å². The molecule has 50 heavy (non-hydrogen) atoms. The summed E-state index contributed by atoms with van der Waals surface area (Å²) in [6, 6.07) is 52.0. The van der Waals surface area contributed by atoms with Crippen molar-refractivity contribution in [2.45, 2.75) is 19.3 Å². The highest BCUT2D eigenvalue weighted by Crippen LogP contribution is 2.50. The molecule has 0 aliphatic heterocycles. The number of hydrogen-bond acceptors (Lipinski definition) is 4. The summed E-state index contributed by atoms with van der Waals surface area (Å²) in [4.78, 5) is 19.9. The van der Waals surface area contributed by atoms with Crippen LogP contribution < -0.4 is 0 Å². The summed E-state index contributed by atoms with van der Waals surface area (Å²) >= 11 is 7.01. The van der Waals surface area contributed by atoms with E-state index in [2.05, 4.69) is 98.8 Å². The van der Waals surface area contributed by atoms with Crippen molar-refractivity contribution in [3.05, 3.63) is 168 Å². The summed E-state index contributed by atoms with van der Waals surface area (Å²) in [5, 5.41) is 1.66. The van der Waals surface area contributed by atoms with Crippen molar-refractivity contribution in [1.82, 2.24) is 19.9 Å².